The van der Waals surface area contributed by atoms with Crippen molar-refractivity contribution in [3.8, 4) is 5.75 Å². The van der Waals surface area contributed by atoms with Crippen molar-refractivity contribution in [1.29, 1.82) is 0 Å². The molecule has 0 saturated carbocycles. The monoisotopic (exact) mass is 372 g/mol. The second-order valence-electron chi connectivity index (χ2n) is 5.77. The van der Waals surface area contributed by atoms with Gasteiger partial charge in [0, 0.05) is 18.7 Å². The van der Waals surface area contributed by atoms with E-state index in [-0.39, 0.29) is 31.1 Å². The molecule has 2 aromatic rings. The largest absolute Gasteiger partial charge is 0.497 e. The van der Waals surface area contributed by atoms with Crippen LogP contribution in [-0.4, -0.2) is 42.5 Å². The van der Waals surface area contributed by atoms with Crippen molar-refractivity contribution < 1.29 is 24.0 Å². The molecule has 8 heteroatoms. The molecule has 0 spiro atoms. The summed E-state index contributed by atoms with van der Waals surface area (Å²) in [6.45, 7) is 0.0409. The molecule has 0 aliphatic heterocycles. The molecule has 2 rings (SSSR count). The summed E-state index contributed by atoms with van der Waals surface area (Å²) in [6, 6.07) is 12.9. The van der Waals surface area contributed by atoms with E-state index in [9.17, 15) is 19.7 Å². The molecule has 0 fully saturated rings. The standard InChI is InChI=1S/C19H20N2O6/c1-26-17-9-5-15(6-10-17)12-20(13-19(23)27-2)18(22)11-14-3-7-16(8-4-14)21(24)25/h3-10H,11-13H2,1-2H3. The highest BCUT2D eigenvalue weighted by Gasteiger charge is 2.19. The molecule has 0 aliphatic carbocycles. The summed E-state index contributed by atoms with van der Waals surface area (Å²) in [7, 11) is 2.82. The number of ether oxygens (including phenoxy) is 2. The van der Waals surface area contributed by atoms with E-state index >= 15 is 0 Å². The lowest BCUT2D eigenvalue weighted by atomic mass is 10.1. The number of carbonyl (C=O) groups is 2. The van der Waals surface area contributed by atoms with Gasteiger partial charge in [-0.15, -0.1) is 0 Å². The van der Waals surface area contributed by atoms with Crippen molar-refractivity contribution in [1.82, 2.24) is 4.90 Å². The van der Waals surface area contributed by atoms with E-state index in [4.69, 9.17) is 4.74 Å². The number of nitrogens with zero attached hydrogens (tertiary/aromatic N) is 2. The van der Waals surface area contributed by atoms with Crippen LogP contribution in [0.3, 0.4) is 0 Å². The number of rotatable bonds is 8. The molecule has 8 nitrogen and oxygen atoms in total. The van der Waals surface area contributed by atoms with Crippen molar-refractivity contribution in [3.63, 3.8) is 0 Å². The fraction of sp³-hybridized carbons (Fsp3) is 0.263. The molecule has 1 amide bonds. The second kappa shape index (κ2) is 9.33. The Morgan fingerprint density at radius 2 is 1.59 bits per heavy atom. The Labute approximate surface area is 156 Å². The summed E-state index contributed by atoms with van der Waals surface area (Å²) in [5, 5.41) is 10.7. The first-order valence-electron chi connectivity index (χ1n) is 8.13. The van der Waals surface area contributed by atoms with Crippen molar-refractivity contribution in [3.05, 3.63) is 69.8 Å². The average Bonchev–Trinajstić information content (AvgIpc) is 2.68. The zero-order chi connectivity index (χ0) is 19.8. The van der Waals surface area contributed by atoms with Crippen LogP contribution in [0.1, 0.15) is 11.1 Å². The van der Waals surface area contributed by atoms with Gasteiger partial charge in [0.2, 0.25) is 5.91 Å². The van der Waals surface area contributed by atoms with Gasteiger partial charge >= 0.3 is 5.97 Å². The third-order valence-electron chi connectivity index (χ3n) is 3.94. The number of benzene rings is 2. The van der Waals surface area contributed by atoms with Gasteiger partial charge in [-0.05, 0) is 23.3 Å². The number of amides is 1. The van der Waals surface area contributed by atoms with E-state index in [1.165, 1.54) is 36.3 Å². The lowest BCUT2D eigenvalue weighted by Gasteiger charge is -2.22. The fourth-order valence-electron chi connectivity index (χ4n) is 2.43. The maximum Gasteiger partial charge on any atom is 0.325 e. The van der Waals surface area contributed by atoms with Crippen LogP contribution in [0.5, 0.6) is 5.75 Å². The molecule has 0 radical (unpaired) electrons. The van der Waals surface area contributed by atoms with Crippen LogP contribution in [0.25, 0.3) is 0 Å². The second-order valence-corrected chi connectivity index (χ2v) is 5.77. The minimum atomic E-state index is -0.527. The topological polar surface area (TPSA) is 99.0 Å². The van der Waals surface area contributed by atoms with Gasteiger partial charge in [0.05, 0.1) is 25.6 Å². The van der Waals surface area contributed by atoms with Crippen molar-refractivity contribution in [2.45, 2.75) is 13.0 Å². The van der Waals surface area contributed by atoms with Gasteiger partial charge in [0.1, 0.15) is 12.3 Å². The molecule has 0 aliphatic rings. The Bertz CT molecular complexity index is 802. The molecule has 2 aromatic carbocycles. The maximum atomic E-state index is 12.7. The molecule has 142 valence electrons. The number of esters is 1. The number of nitro groups is 1. The van der Waals surface area contributed by atoms with E-state index in [0.29, 0.717) is 11.3 Å². The molecule has 0 heterocycles. The number of nitro benzene ring substituents is 1. The first kappa shape index (κ1) is 19.9. The van der Waals surface area contributed by atoms with E-state index in [1.807, 2.05) is 12.1 Å². The number of hydrogen-bond donors (Lipinski definition) is 0. The molecular formula is C19H20N2O6. The van der Waals surface area contributed by atoms with E-state index in [0.717, 1.165) is 5.56 Å². The predicted molar refractivity (Wildman–Crippen MR) is 97.2 cm³/mol. The van der Waals surface area contributed by atoms with Crippen molar-refractivity contribution >= 4 is 17.6 Å². The highest BCUT2D eigenvalue weighted by molar-refractivity contribution is 5.83. The van der Waals surface area contributed by atoms with E-state index in [2.05, 4.69) is 4.74 Å². The molecule has 27 heavy (non-hydrogen) atoms. The summed E-state index contributed by atoms with van der Waals surface area (Å²) in [5.41, 5.74) is 1.41. The number of methoxy groups -OCH3 is 2. The highest BCUT2D eigenvalue weighted by Crippen LogP contribution is 2.16. The summed E-state index contributed by atoms with van der Waals surface area (Å²) in [6.07, 6.45) is 0.0190. The predicted octanol–water partition coefficient (Wildman–Crippen LogP) is 2.35. The van der Waals surface area contributed by atoms with Gasteiger partial charge in [0.25, 0.3) is 5.69 Å². The first-order chi connectivity index (χ1) is 12.9. The number of hydrogen-bond acceptors (Lipinski definition) is 6. The van der Waals surface area contributed by atoms with Gasteiger partial charge in [-0.3, -0.25) is 19.7 Å². The Morgan fingerprint density at radius 3 is 2.11 bits per heavy atom. The van der Waals surface area contributed by atoms with Crippen LogP contribution >= 0.6 is 0 Å². The zero-order valence-corrected chi connectivity index (χ0v) is 15.1. The lowest BCUT2D eigenvalue weighted by Crippen LogP contribution is -2.36. The molecule has 0 bridgehead atoms. The Kier molecular flexibility index (Phi) is 6.87. The highest BCUT2D eigenvalue weighted by atomic mass is 16.6. The van der Waals surface area contributed by atoms with Gasteiger partial charge in [-0.25, -0.2) is 0 Å². The van der Waals surface area contributed by atoms with Crippen LogP contribution in [-0.2, 0) is 27.3 Å². The van der Waals surface area contributed by atoms with Gasteiger partial charge in [0.15, 0.2) is 0 Å². The van der Waals surface area contributed by atoms with E-state index in [1.54, 1.807) is 19.2 Å². The lowest BCUT2D eigenvalue weighted by molar-refractivity contribution is -0.384. The SMILES string of the molecule is COC(=O)CN(Cc1ccc(OC)cc1)C(=O)Cc1ccc([N+](=O)[O-])cc1. The van der Waals surface area contributed by atoms with Gasteiger partial charge < -0.3 is 14.4 Å². The average molecular weight is 372 g/mol. The Morgan fingerprint density at radius 1 is 1.00 bits per heavy atom. The zero-order valence-electron chi connectivity index (χ0n) is 15.1. The van der Waals surface area contributed by atoms with Crippen molar-refractivity contribution in [2.24, 2.45) is 0 Å². The fourth-order valence-corrected chi connectivity index (χ4v) is 2.43. The summed E-state index contributed by atoms with van der Waals surface area (Å²) >= 11 is 0. The summed E-state index contributed by atoms with van der Waals surface area (Å²) in [5.74, 6) is -0.124. The van der Waals surface area contributed by atoms with Gasteiger partial charge in [-0.2, -0.15) is 0 Å². The van der Waals surface area contributed by atoms with Crippen LogP contribution in [0.4, 0.5) is 5.69 Å². The van der Waals surface area contributed by atoms with Crippen LogP contribution in [0, 0.1) is 10.1 Å². The normalized spacial score (nSPS) is 10.1. The third kappa shape index (κ3) is 5.81. The molecular weight excluding hydrogens is 352 g/mol. The maximum absolute atomic E-state index is 12.7. The molecule has 0 aromatic heterocycles. The smallest absolute Gasteiger partial charge is 0.325 e. The molecule has 0 unspecified atom stereocenters. The van der Waals surface area contributed by atoms with Crippen molar-refractivity contribution in [2.75, 3.05) is 20.8 Å². The minimum absolute atomic E-state index is 0.0190. The summed E-state index contributed by atoms with van der Waals surface area (Å²) in [4.78, 5) is 35.9. The van der Waals surface area contributed by atoms with Crippen LogP contribution in [0.2, 0.25) is 0 Å². The molecule has 0 N–H and O–H groups in total. The molecule has 0 saturated heterocycles. The van der Waals surface area contributed by atoms with Crippen LogP contribution in [0.15, 0.2) is 48.5 Å². The number of non-ortho nitro benzene ring substituents is 1. The van der Waals surface area contributed by atoms with Crippen LogP contribution < -0.4 is 4.74 Å². The first-order valence-corrected chi connectivity index (χ1v) is 8.13. The third-order valence-corrected chi connectivity index (χ3v) is 3.94. The Hall–Kier alpha value is -3.42. The summed E-state index contributed by atoms with van der Waals surface area (Å²) < 4.78 is 9.78. The number of carbonyl (C=O) groups excluding carboxylic acids is 2. The van der Waals surface area contributed by atoms with Gasteiger partial charge in [-0.1, -0.05) is 24.3 Å². The Balaban J connectivity index is 2.12. The molecule has 0 atom stereocenters. The minimum Gasteiger partial charge on any atom is -0.497 e. The van der Waals surface area contributed by atoms with E-state index < -0.39 is 10.9 Å². The quantitative estimate of drug-likeness (QED) is 0.401.